The molecule has 2 nitrogen and oxygen atoms in total. The van der Waals surface area contributed by atoms with E-state index in [-0.39, 0.29) is 12.0 Å². The van der Waals surface area contributed by atoms with E-state index in [1.807, 2.05) is 23.2 Å². The normalized spacial score (nSPS) is 21.7. The molecular weight excluding hydrogens is 218 g/mol. The monoisotopic (exact) mass is 237 g/mol. The summed E-state index contributed by atoms with van der Waals surface area (Å²) in [6.07, 6.45) is 1.96. The molecule has 0 aromatic carbocycles. The zero-order chi connectivity index (χ0) is 11.7. The first-order valence-electron chi connectivity index (χ1n) is 6.01. The van der Waals surface area contributed by atoms with Crippen molar-refractivity contribution in [3.8, 4) is 0 Å². The molecule has 0 radical (unpaired) electrons. The molecule has 2 rings (SSSR count). The Labute approximate surface area is 101 Å². The van der Waals surface area contributed by atoms with Gasteiger partial charge in [0.1, 0.15) is 0 Å². The fourth-order valence-corrected chi connectivity index (χ4v) is 3.23. The molecule has 0 spiro atoms. The molecule has 2 heterocycles. The van der Waals surface area contributed by atoms with Crippen molar-refractivity contribution in [2.75, 3.05) is 6.54 Å². The number of nitrogens with zero attached hydrogens (tertiary/aromatic N) is 1. The molecule has 1 aliphatic heterocycles. The molecular formula is C13H19NOS. The van der Waals surface area contributed by atoms with Crippen LogP contribution in [0.1, 0.15) is 43.7 Å². The summed E-state index contributed by atoms with van der Waals surface area (Å²) < 4.78 is 0. The van der Waals surface area contributed by atoms with E-state index >= 15 is 0 Å². The third kappa shape index (κ3) is 1.88. The summed E-state index contributed by atoms with van der Waals surface area (Å²) in [5, 5.41) is 2.14. The van der Waals surface area contributed by atoms with Crippen molar-refractivity contribution < 1.29 is 4.79 Å². The average Bonchev–Trinajstić information content (AvgIpc) is 2.76. The molecule has 2 unspecified atom stereocenters. The highest BCUT2D eigenvalue weighted by Crippen LogP contribution is 2.33. The number of thiophene rings is 1. The topological polar surface area (TPSA) is 20.3 Å². The zero-order valence-corrected chi connectivity index (χ0v) is 11.0. The van der Waals surface area contributed by atoms with Crippen LogP contribution in [0.4, 0.5) is 0 Å². The average molecular weight is 237 g/mol. The molecule has 3 heteroatoms. The smallest absolute Gasteiger partial charge is 0.225 e. The minimum absolute atomic E-state index is 0.155. The summed E-state index contributed by atoms with van der Waals surface area (Å²) in [5.41, 5.74) is 1.35. The molecule has 1 aromatic heterocycles. The van der Waals surface area contributed by atoms with Gasteiger partial charge >= 0.3 is 0 Å². The van der Waals surface area contributed by atoms with Gasteiger partial charge in [-0.05, 0) is 36.8 Å². The maximum atomic E-state index is 12.2. The van der Waals surface area contributed by atoms with Gasteiger partial charge in [-0.1, -0.05) is 13.8 Å². The number of amides is 1. The first-order valence-corrected chi connectivity index (χ1v) is 6.89. The van der Waals surface area contributed by atoms with Gasteiger partial charge in [0, 0.05) is 17.3 Å². The van der Waals surface area contributed by atoms with Gasteiger partial charge < -0.3 is 4.90 Å². The van der Waals surface area contributed by atoms with Crippen LogP contribution in [0.2, 0.25) is 0 Å². The van der Waals surface area contributed by atoms with E-state index in [4.69, 9.17) is 0 Å². The Morgan fingerprint density at radius 1 is 1.69 bits per heavy atom. The third-order valence-corrected chi connectivity index (χ3v) is 4.59. The van der Waals surface area contributed by atoms with Crippen LogP contribution in [0.5, 0.6) is 0 Å². The molecule has 88 valence electrons. The van der Waals surface area contributed by atoms with Gasteiger partial charge in [0.2, 0.25) is 5.91 Å². The summed E-state index contributed by atoms with van der Waals surface area (Å²) in [6, 6.07) is 2.43. The zero-order valence-electron chi connectivity index (χ0n) is 10.2. The largest absolute Gasteiger partial charge is 0.335 e. The van der Waals surface area contributed by atoms with Crippen LogP contribution in [0.25, 0.3) is 0 Å². The van der Waals surface area contributed by atoms with Gasteiger partial charge in [-0.15, -0.1) is 11.3 Å². The second-order valence-corrected chi connectivity index (χ2v) is 5.57. The summed E-state index contributed by atoms with van der Waals surface area (Å²) >= 11 is 1.82. The summed E-state index contributed by atoms with van der Waals surface area (Å²) in [4.78, 5) is 15.7. The fraction of sp³-hybridized carbons (Fsp3) is 0.615. The molecule has 0 bridgehead atoms. The SMILES string of the molecule is CCC(C)C(=O)N1CCc2sccc2C1C. The highest BCUT2D eigenvalue weighted by Gasteiger charge is 2.29. The first kappa shape index (κ1) is 11.6. The maximum absolute atomic E-state index is 12.2. The molecule has 0 N–H and O–H groups in total. The van der Waals surface area contributed by atoms with E-state index in [1.54, 1.807) is 0 Å². The Kier molecular flexibility index (Phi) is 3.33. The van der Waals surface area contributed by atoms with Gasteiger partial charge in [-0.2, -0.15) is 0 Å². The summed E-state index contributed by atoms with van der Waals surface area (Å²) in [6.45, 7) is 7.13. The van der Waals surface area contributed by atoms with Crippen molar-refractivity contribution in [2.45, 2.75) is 39.7 Å². The quantitative estimate of drug-likeness (QED) is 0.773. The Hall–Kier alpha value is -0.830. The number of hydrogen-bond acceptors (Lipinski definition) is 2. The number of fused-ring (bicyclic) bond motifs is 1. The van der Waals surface area contributed by atoms with Crippen LogP contribution in [0.15, 0.2) is 11.4 Å². The van der Waals surface area contributed by atoms with Crippen LogP contribution < -0.4 is 0 Å². The highest BCUT2D eigenvalue weighted by atomic mass is 32.1. The van der Waals surface area contributed by atoms with Crippen molar-refractivity contribution in [3.63, 3.8) is 0 Å². The van der Waals surface area contributed by atoms with Crippen LogP contribution in [-0.4, -0.2) is 17.4 Å². The molecule has 1 aromatic rings. The van der Waals surface area contributed by atoms with E-state index in [9.17, 15) is 4.79 Å². The Bertz CT molecular complexity index is 385. The molecule has 0 saturated carbocycles. The number of rotatable bonds is 2. The fourth-order valence-electron chi connectivity index (χ4n) is 2.27. The first-order chi connectivity index (χ1) is 7.65. The lowest BCUT2D eigenvalue weighted by molar-refractivity contribution is -0.137. The number of carbonyl (C=O) groups is 1. The predicted octanol–water partition coefficient (Wildman–Crippen LogP) is 3.24. The second-order valence-electron chi connectivity index (χ2n) is 4.57. The highest BCUT2D eigenvalue weighted by molar-refractivity contribution is 7.10. The Morgan fingerprint density at radius 2 is 2.44 bits per heavy atom. The minimum Gasteiger partial charge on any atom is -0.335 e. The number of carbonyl (C=O) groups excluding carboxylic acids is 1. The predicted molar refractivity (Wildman–Crippen MR) is 67.6 cm³/mol. The lowest BCUT2D eigenvalue weighted by Gasteiger charge is -2.35. The van der Waals surface area contributed by atoms with Crippen LogP contribution in [-0.2, 0) is 11.2 Å². The van der Waals surface area contributed by atoms with E-state index < -0.39 is 0 Å². The summed E-state index contributed by atoms with van der Waals surface area (Å²) in [5.74, 6) is 0.467. The minimum atomic E-state index is 0.155. The Balaban J connectivity index is 2.18. The molecule has 0 aliphatic carbocycles. The molecule has 1 aliphatic rings. The van der Waals surface area contributed by atoms with Gasteiger partial charge in [0.05, 0.1) is 6.04 Å². The van der Waals surface area contributed by atoms with Crippen molar-refractivity contribution in [1.82, 2.24) is 4.90 Å². The lowest BCUT2D eigenvalue weighted by Crippen LogP contribution is -2.40. The van der Waals surface area contributed by atoms with Gasteiger partial charge in [0.15, 0.2) is 0 Å². The van der Waals surface area contributed by atoms with Crippen molar-refractivity contribution in [2.24, 2.45) is 5.92 Å². The van der Waals surface area contributed by atoms with Crippen molar-refractivity contribution >= 4 is 17.2 Å². The van der Waals surface area contributed by atoms with Crippen molar-refractivity contribution in [3.05, 3.63) is 21.9 Å². The van der Waals surface area contributed by atoms with Crippen LogP contribution in [0.3, 0.4) is 0 Å². The molecule has 0 saturated heterocycles. The van der Waals surface area contributed by atoms with E-state index in [1.165, 1.54) is 10.4 Å². The molecule has 0 fully saturated rings. The van der Waals surface area contributed by atoms with Gasteiger partial charge in [-0.3, -0.25) is 4.79 Å². The summed E-state index contributed by atoms with van der Waals surface area (Å²) in [7, 11) is 0. The maximum Gasteiger partial charge on any atom is 0.225 e. The molecule has 2 atom stereocenters. The van der Waals surface area contributed by atoms with Crippen LogP contribution in [0, 0.1) is 5.92 Å². The van der Waals surface area contributed by atoms with E-state index in [2.05, 4.69) is 25.3 Å². The third-order valence-electron chi connectivity index (χ3n) is 3.59. The second kappa shape index (κ2) is 4.58. The van der Waals surface area contributed by atoms with E-state index in [0.717, 1.165) is 19.4 Å². The van der Waals surface area contributed by atoms with Crippen molar-refractivity contribution in [1.29, 1.82) is 0 Å². The lowest BCUT2D eigenvalue weighted by atomic mass is 9.98. The number of hydrogen-bond donors (Lipinski definition) is 0. The standard InChI is InChI=1S/C13H19NOS/c1-4-9(2)13(15)14-7-5-12-11(10(14)3)6-8-16-12/h6,8-10H,4-5,7H2,1-3H3. The molecule has 1 amide bonds. The molecule has 16 heavy (non-hydrogen) atoms. The van der Waals surface area contributed by atoms with Crippen LogP contribution >= 0.6 is 11.3 Å². The van der Waals surface area contributed by atoms with Gasteiger partial charge in [-0.25, -0.2) is 0 Å². The van der Waals surface area contributed by atoms with E-state index in [0.29, 0.717) is 5.91 Å². The van der Waals surface area contributed by atoms with Gasteiger partial charge in [0.25, 0.3) is 0 Å². The Morgan fingerprint density at radius 3 is 3.12 bits per heavy atom.